The van der Waals surface area contributed by atoms with E-state index in [2.05, 4.69) is 27.6 Å². The van der Waals surface area contributed by atoms with E-state index in [9.17, 15) is 4.79 Å². The first-order chi connectivity index (χ1) is 12.7. The first-order valence-corrected chi connectivity index (χ1v) is 11.0. The lowest BCUT2D eigenvalue weighted by Gasteiger charge is -2.21. The van der Waals surface area contributed by atoms with E-state index in [-0.39, 0.29) is 12.5 Å². The summed E-state index contributed by atoms with van der Waals surface area (Å²) in [4.78, 5) is 12.0. The zero-order valence-corrected chi connectivity index (χ0v) is 17.0. The van der Waals surface area contributed by atoms with Gasteiger partial charge in [0.25, 0.3) is 5.91 Å². The second-order valence-corrected chi connectivity index (χ2v) is 8.86. The van der Waals surface area contributed by atoms with Crippen LogP contribution in [0, 0.1) is 4.77 Å². The van der Waals surface area contributed by atoms with Crippen LogP contribution in [-0.2, 0) is 17.9 Å². The van der Waals surface area contributed by atoms with Crippen molar-refractivity contribution in [1.82, 2.24) is 20.1 Å². The molecule has 1 aromatic carbocycles. The van der Waals surface area contributed by atoms with Crippen molar-refractivity contribution in [2.24, 2.45) is 0 Å². The highest BCUT2D eigenvalue weighted by molar-refractivity contribution is 8.16. The molecule has 1 aliphatic rings. The number of hydrogen-bond acceptors (Lipinski definition) is 6. The molecule has 0 atom stereocenters. The van der Waals surface area contributed by atoms with Gasteiger partial charge in [-0.3, -0.25) is 9.89 Å². The van der Waals surface area contributed by atoms with Crippen LogP contribution >= 0.6 is 35.7 Å². The molecule has 1 aliphatic heterocycles. The van der Waals surface area contributed by atoms with Gasteiger partial charge in [-0.15, -0.1) is 23.5 Å². The summed E-state index contributed by atoms with van der Waals surface area (Å²) in [6.45, 7) is 2.98. The molecule has 0 saturated carbocycles. The summed E-state index contributed by atoms with van der Waals surface area (Å²) in [7, 11) is 0. The minimum Gasteiger partial charge on any atom is -0.484 e. The first kappa shape index (κ1) is 19.3. The van der Waals surface area contributed by atoms with Crippen LogP contribution in [0.5, 0.6) is 5.75 Å². The highest BCUT2D eigenvalue weighted by Gasteiger charge is 2.16. The smallest absolute Gasteiger partial charge is 0.258 e. The SMILES string of the molecule is CCn1c(CNC(=O)COc2ccc(C3SCCCS3)cc2)n[nH]c1=S. The molecule has 0 radical (unpaired) electrons. The quantitative estimate of drug-likeness (QED) is 0.681. The van der Waals surface area contributed by atoms with Crippen molar-refractivity contribution < 1.29 is 9.53 Å². The lowest BCUT2D eigenvalue weighted by atomic mass is 10.2. The minimum absolute atomic E-state index is 0.0243. The molecule has 1 saturated heterocycles. The predicted octanol–water partition coefficient (Wildman–Crippen LogP) is 3.52. The van der Waals surface area contributed by atoms with Crippen LogP contribution in [-0.4, -0.2) is 38.8 Å². The molecule has 2 heterocycles. The molecule has 1 aromatic heterocycles. The molecule has 2 aromatic rings. The highest BCUT2D eigenvalue weighted by atomic mass is 32.2. The molecule has 3 rings (SSSR count). The molecule has 26 heavy (non-hydrogen) atoms. The molecule has 1 amide bonds. The Morgan fingerprint density at radius 1 is 1.38 bits per heavy atom. The van der Waals surface area contributed by atoms with Crippen LogP contribution in [0.4, 0.5) is 0 Å². The number of carbonyl (C=O) groups excluding carboxylic acids is 1. The van der Waals surface area contributed by atoms with Gasteiger partial charge in [0, 0.05) is 6.54 Å². The Kier molecular flexibility index (Phi) is 7.04. The van der Waals surface area contributed by atoms with Gasteiger partial charge in [-0.05, 0) is 54.8 Å². The number of hydrogen-bond donors (Lipinski definition) is 2. The Morgan fingerprint density at radius 2 is 2.12 bits per heavy atom. The van der Waals surface area contributed by atoms with Gasteiger partial charge >= 0.3 is 0 Å². The number of amides is 1. The Bertz CT molecular complexity index is 782. The zero-order valence-electron chi connectivity index (χ0n) is 14.6. The monoisotopic (exact) mass is 410 g/mol. The molecule has 0 aliphatic carbocycles. The standard InChI is InChI=1S/C17H22N4O2S3/c1-2-21-14(19-20-17(21)24)10-18-15(22)11-23-13-6-4-12(5-7-13)16-25-8-3-9-26-16/h4-7,16H,2-3,8-11H2,1H3,(H,18,22)(H,20,24). The van der Waals surface area contributed by atoms with Crippen molar-refractivity contribution in [3.63, 3.8) is 0 Å². The topological polar surface area (TPSA) is 71.9 Å². The number of benzene rings is 1. The van der Waals surface area contributed by atoms with E-state index in [1.54, 1.807) is 0 Å². The fourth-order valence-corrected chi connectivity index (χ4v) is 5.76. The highest BCUT2D eigenvalue weighted by Crippen LogP contribution is 2.43. The molecule has 0 bridgehead atoms. The Labute approximate surface area is 166 Å². The van der Waals surface area contributed by atoms with Gasteiger partial charge in [0.1, 0.15) is 5.75 Å². The number of ether oxygens (including phenoxy) is 1. The number of nitrogens with zero attached hydrogens (tertiary/aromatic N) is 2. The van der Waals surface area contributed by atoms with E-state index in [4.69, 9.17) is 17.0 Å². The zero-order chi connectivity index (χ0) is 18.4. The van der Waals surface area contributed by atoms with Gasteiger partial charge in [-0.1, -0.05) is 12.1 Å². The predicted molar refractivity (Wildman–Crippen MR) is 109 cm³/mol. The van der Waals surface area contributed by atoms with Crippen molar-refractivity contribution in [2.45, 2.75) is 31.0 Å². The summed E-state index contributed by atoms with van der Waals surface area (Å²) in [5.41, 5.74) is 1.30. The van der Waals surface area contributed by atoms with E-state index in [1.807, 2.05) is 47.1 Å². The van der Waals surface area contributed by atoms with Crippen molar-refractivity contribution in [3.05, 3.63) is 40.4 Å². The molecule has 0 spiro atoms. The van der Waals surface area contributed by atoms with Crippen LogP contribution in [0.15, 0.2) is 24.3 Å². The van der Waals surface area contributed by atoms with E-state index in [0.717, 1.165) is 0 Å². The third-order valence-corrected chi connectivity index (χ3v) is 7.27. The van der Waals surface area contributed by atoms with E-state index in [1.165, 1.54) is 23.5 Å². The van der Waals surface area contributed by atoms with Crippen LogP contribution < -0.4 is 10.1 Å². The summed E-state index contributed by atoms with van der Waals surface area (Å²) in [6, 6.07) is 8.03. The minimum atomic E-state index is -0.191. The molecular formula is C17H22N4O2S3. The number of thioether (sulfide) groups is 2. The van der Waals surface area contributed by atoms with E-state index < -0.39 is 0 Å². The van der Waals surface area contributed by atoms with Gasteiger partial charge in [-0.2, -0.15) is 5.10 Å². The summed E-state index contributed by atoms with van der Waals surface area (Å²) >= 11 is 9.11. The van der Waals surface area contributed by atoms with Crippen molar-refractivity contribution in [3.8, 4) is 5.75 Å². The lowest BCUT2D eigenvalue weighted by Crippen LogP contribution is -2.29. The summed E-state index contributed by atoms with van der Waals surface area (Å²) in [6.07, 6.45) is 1.28. The molecule has 140 valence electrons. The maximum absolute atomic E-state index is 12.0. The average Bonchev–Trinajstić information content (AvgIpc) is 3.05. The first-order valence-electron chi connectivity index (χ1n) is 8.54. The van der Waals surface area contributed by atoms with Crippen molar-refractivity contribution >= 4 is 41.6 Å². The van der Waals surface area contributed by atoms with Crippen LogP contribution in [0.1, 0.15) is 29.3 Å². The lowest BCUT2D eigenvalue weighted by molar-refractivity contribution is -0.123. The molecule has 9 heteroatoms. The summed E-state index contributed by atoms with van der Waals surface area (Å²) < 4.78 is 8.49. The fourth-order valence-electron chi connectivity index (χ4n) is 2.59. The Balaban J connectivity index is 1.46. The Morgan fingerprint density at radius 3 is 2.81 bits per heavy atom. The second-order valence-electron chi connectivity index (χ2n) is 5.75. The maximum atomic E-state index is 12.0. The fraction of sp³-hybridized carbons (Fsp3) is 0.471. The molecule has 6 nitrogen and oxygen atoms in total. The Hall–Kier alpha value is -1.45. The van der Waals surface area contributed by atoms with Gasteiger partial charge in [0.05, 0.1) is 11.1 Å². The van der Waals surface area contributed by atoms with E-state index >= 15 is 0 Å². The summed E-state index contributed by atoms with van der Waals surface area (Å²) in [5.74, 6) is 3.65. The van der Waals surface area contributed by atoms with Crippen LogP contribution in [0.3, 0.4) is 0 Å². The number of carbonyl (C=O) groups is 1. The maximum Gasteiger partial charge on any atom is 0.258 e. The van der Waals surface area contributed by atoms with Crippen molar-refractivity contribution in [1.29, 1.82) is 0 Å². The third-order valence-electron chi connectivity index (χ3n) is 3.95. The normalized spacial score (nSPS) is 15.0. The number of H-pyrrole nitrogens is 1. The van der Waals surface area contributed by atoms with Gasteiger partial charge in [0.2, 0.25) is 0 Å². The van der Waals surface area contributed by atoms with Crippen LogP contribution in [0.2, 0.25) is 0 Å². The largest absolute Gasteiger partial charge is 0.484 e. The molecule has 0 unspecified atom stereocenters. The number of rotatable bonds is 7. The van der Waals surface area contributed by atoms with Gasteiger partial charge < -0.3 is 14.6 Å². The number of aromatic nitrogens is 3. The number of aromatic amines is 1. The third kappa shape index (κ3) is 5.05. The molecule has 1 fully saturated rings. The molecular weight excluding hydrogens is 388 g/mol. The molecule has 2 N–H and O–H groups in total. The average molecular weight is 411 g/mol. The van der Waals surface area contributed by atoms with E-state index in [0.29, 0.717) is 34.0 Å². The van der Waals surface area contributed by atoms with Gasteiger partial charge in [0.15, 0.2) is 17.2 Å². The van der Waals surface area contributed by atoms with Gasteiger partial charge in [-0.25, -0.2) is 0 Å². The summed E-state index contributed by atoms with van der Waals surface area (Å²) in [5, 5.41) is 9.65. The van der Waals surface area contributed by atoms with Crippen LogP contribution in [0.25, 0.3) is 0 Å². The van der Waals surface area contributed by atoms with Crippen molar-refractivity contribution in [2.75, 3.05) is 18.1 Å². The second kappa shape index (κ2) is 9.48. The number of nitrogens with one attached hydrogen (secondary N) is 2.